The van der Waals surface area contributed by atoms with Crippen molar-refractivity contribution in [3.63, 3.8) is 0 Å². The van der Waals surface area contributed by atoms with Crippen molar-refractivity contribution in [1.29, 1.82) is 0 Å². The Morgan fingerprint density at radius 2 is 0.815 bits per heavy atom. The van der Waals surface area contributed by atoms with Crippen LogP contribution in [0.3, 0.4) is 0 Å². The molecule has 0 aliphatic heterocycles. The molecular formula is C95H87F4N9O11. The molecule has 0 saturated carbocycles. The zero-order valence-electron chi connectivity index (χ0n) is 65.5. The number of nitrogens with two attached hydrogens (primary N) is 3. The maximum absolute atomic E-state index is 14.2. The molecule has 20 nitrogen and oxygen atoms in total. The number of carboxylic acid groups (broad SMARTS) is 1. The lowest BCUT2D eigenvalue weighted by atomic mass is 9.94. The predicted octanol–water partition coefficient (Wildman–Crippen LogP) is 17.1. The van der Waals surface area contributed by atoms with Crippen LogP contribution in [0.5, 0.6) is 17.2 Å². The minimum Gasteiger partial charge on any atom is -0.489 e. The van der Waals surface area contributed by atoms with Crippen molar-refractivity contribution in [2.75, 3.05) is 7.11 Å². The van der Waals surface area contributed by atoms with Gasteiger partial charge < -0.3 is 67.0 Å². The molecule has 0 aliphatic rings. The van der Waals surface area contributed by atoms with Gasteiger partial charge in [-0.15, -0.1) is 0 Å². The highest BCUT2D eigenvalue weighted by atomic mass is 19.1. The number of halogens is 4. The zero-order chi connectivity index (χ0) is 83.4. The van der Waals surface area contributed by atoms with E-state index >= 15 is 0 Å². The monoisotopic (exact) mass is 1610 g/mol. The summed E-state index contributed by atoms with van der Waals surface area (Å²) >= 11 is 0. The number of benzene rings is 10. The van der Waals surface area contributed by atoms with Gasteiger partial charge in [0.2, 0.25) is 17.7 Å². The van der Waals surface area contributed by atoms with Crippen LogP contribution < -0.4 is 36.7 Å². The Morgan fingerprint density at radius 1 is 0.437 bits per heavy atom. The van der Waals surface area contributed by atoms with Crippen LogP contribution in [0.2, 0.25) is 0 Å². The lowest BCUT2D eigenvalue weighted by Gasteiger charge is -2.22. The maximum Gasteiger partial charge on any atom is 0.310 e. The molecular weight excluding hydrogens is 1520 g/mol. The molecule has 0 bridgehead atoms. The summed E-state index contributed by atoms with van der Waals surface area (Å²) in [4.78, 5) is 78.0. The summed E-state index contributed by atoms with van der Waals surface area (Å²) in [7, 11) is 1.40. The smallest absolute Gasteiger partial charge is 0.310 e. The van der Waals surface area contributed by atoms with Gasteiger partial charge in [0.1, 0.15) is 60.3 Å². The highest BCUT2D eigenvalue weighted by Crippen LogP contribution is 2.35. The SMILES string of the molecule is COC(=O)Cc1c[nH]c2cc(C)c(OCc3ccccc3)cc12.Cc1cc2[nH]cc(CC(=O)N[C@@H](Cc3cc(F)cc(F)c3)c3ncccc3-c3cccc(C(N)=O)c3)c2cc1OCc1ccccc1.Cc1cc2[nH]cc(CC(=O)O)c2cc1OCc1ccccc1.NC(=O)c1cccc(-c2cccnc2[C@@H](N)Cc2cc(F)cc(F)c2)c1.O. The van der Waals surface area contributed by atoms with Crippen molar-refractivity contribution in [3.8, 4) is 39.5 Å². The summed E-state index contributed by atoms with van der Waals surface area (Å²) in [6, 6.07) is 67.7. The first kappa shape index (κ1) is 85.4. The number of nitrogens with one attached hydrogen (secondary N) is 4. The van der Waals surface area contributed by atoms with Crippen molar-refractivity contribution in [2.45, 2.75) is 84.8 Å². The van der Waals surface area contributed by atoms with E-state index in [-0.39, 0.29) is 49.5 Å². The largest absolute Gasteiger partial charge is 0.489 e. The Labute approximate surface area is 683 Å². The molecule has 606 valence electrons. The van der Waals surface area contributed by atoms with E-state index in [0.29, 0.717) is 70.3 Å². The summed E-state index contributed by atoms with van der Waals surface area (Å²) < 4.78 is 78.0. The fourth-order valence-corrected chi connectivity index (χ4v) is 13.7. The molecule has 5 heterocycles. The number of rotatable bonds is 26. The second-order valence-electron chi connectivity index (χ2n) is 28.2. The first-order chi connectivity index (χ1) is 57.0. The summed E-state index contributed by atoms with van der Waals surface area (Å²) in [5.74, 6) is -2.95. The molecule has 13 N–H and O–H groups in total. The number of pyridine rings is 2. The molecule has 0 radical (unpaired) electrons. The number of hydrogen-bond donors (Lipinski definition) is 8. The van der Waals surface area contributed by atoms with E-state index in [0.717, 1.165) is 118 Å². The summed E-state index contributed by atoms with van der Waals surface area (Å²) in [5, 5.41) is 14.8. The van der Waals surface area contributed by atoms with Crippen molar-refractivity contribution >= 4 is 62.4 Å². The van der Waals surface area contributed by atoms with Gasteiger partial charge in [-0.1, -0.05) is 127 Å². The van der Waals surface area contributed by atoms with Crippen molar-refractivity contribution < 1.29 is 71.1 Å². The van der Waals surface area contributed by atoms with E-state index in [1.165, 1.54) is 31.4 Å². The molecule has 15 rings (SSSR count). The number of aryl methyl sites for hydroxylation is 3. The molecule has 0 saturated heterocycles. The van der Waals surface area contributed by atoms with Crippen LogP contribution in [0, 0.1) is 44.0 Å². The second kappa shape index (κ2) is 40.2. The van der Waals surface area contributed by atoms with Crippen molar-refractivity contribution in [2.24, 2.45) is 17.2 Å². The average Bonchev–Trinajstić information content (AvgIpc) is 1.74. The van der Waals surface area contributed by atoms with Crippen LogP contribution >= 0.6 is 0 Å². The van der Waals surface area contributed by atoms with E-state index in [9.17, 15) is 41.5 Å². The molecule has 15 aromatic rings. The van der Waals surface area contributed by atoms with Gasteiger partial charge in [0.25, 0.3) is 0 Å². The number of methoxy groups -OCH3 is 1. The van der Waals surface area contributed by atoms with Crippen LogP contribution in [0.15, 0.2) is 268 Å². The van der Waals surface area contributed by atoms with Gasteiger partial charge in [-0.3, -0.25) is 33.9 Å². The third kappa shape index (κ3) is 23.0. The molecule has 2 atom stereocenters. The van der Waals surface area contributed by atoms with E-state index in [1.807, 2.05) is 173 Å². The molecule has 0 fully saturated rings. The maximum atomic E-state index is 14.2. The summed E-state index contributed by atoms with van der Waals surface area (Å²) in [5.41, 5.74) is 33.9. The topological polar surface area (TPSA) is 337 Å². The first-order valence-corrected chi connectivity index (χ1v) is 37.7. The number of primary amides is 2. The Hall–Kier alpha value is -14.5. The van der Waals surface area contributed by atoms with Gasteiger partial charge >= 0.3 is 11.9 Å². The number of hydrogen-bond acceptors (Lipinski definition) is 12. The van der Waals surface area contributed by atoms with Crippen molar-refractivity contribution in [3.05, 3.63) is 375 Å². The molecule has 24 heteroatoms. The van der Waals surface area contributed by atoms with Gasteiger partial charge in [-0.25, -0.2) is 17.6 Å². The van der Waals surface area contributed by atoms with Crippen LogP contribution in [-0.2, 0) is 71.0 Å². The summed E-state index contributed by atoms with van der Waals surface area (Å²) in [6.45, 7) is 7.38. The second-order valence-corrected chi connectivity index (χ2v) is 28.2. The minimum atomic E-state index is -0.840. The van der Waals surface area contributed by atoms with Crippen LogP contribution in [0.25, 0.3) is 55.0 Å². The standard InChI is InChI=1S/C38H32F2N4O3.C20H17F2N3O.C19H19NO3.C18H17NO3.H2O/c1-23-13-33-32(20-35(23)47-22-24-7-3-2-4-8-24)28(21-43-33)18-36(45)44-34(16-25-14-29(39)19-30(40)15-25)37-31(11-6-12-42-37)26-9-5-10-27(17-26)38(41)46;21-15-7-12(8-16(22)11-15)9-18(23)19-17(5-2-6-25-19)13-3-1-4-14(10-13)20(24)26;1-13-8-17-16(15(11-20-17)9-19(21)22-2)10-18(13)23-12-14-6-4-3-5-7-14;1-12-7-16-15(14(10-19-16)8-18(20)21)9-17(12)22-11-13-5-3-2-4-6-13;/h2-15,17,19-21,34,43H,16,18,22H2,1H3,(H2,41,46)(H,44,45);1-8,10-11,18H,9,23H2,(H2,24,26);3-8,10-11,20H,9,12H2,1-2H3;2-7,9-10,19H,8,11H2,1H3,(H,20,21);1H2/t34-;18-;;;/m00.../s1. The Balaban J connectivity index is 0.000000165. The van der Waals surface area contributed by atoms with Gasteiger partial charge in [0.05, 0.1) is 49.8 Å². The number of amides is 3. The number of carbonyl (C=O) groups excluding carboxylic acids is 4. The minimum absolute atomic E-state index is 0. The van der Waals surface area contributed by atoms with Gasteiger partial charge in [0, 0.05) is 98.1 Å². The highest BCUT2D eigenvalue weighted by molar-refractivity contribution is 5.96. The Bertz CT molecular complexity index is 6040. The zero-order valence-corrected chi connectivity index (χ0v) is 65.5. The Kier molecular flexibility index (Phi) is 28.8. The quantitative estimate of drug-likeness (QED) is 0.0185. The van der Waals surface area contributed by atoms with E-state index in [4.69, 9.17) is 41.3 Å². The fourth-order valence-electron chi connectivity index (χ4n) is 13.7. The van der Waals surface area contributed by atoms with E-state index < -0.39 is 53.1 Å². The molecule has 0 spiro atoms. The van der Waals surface area contributed by atoms with E-state index in [2.05, 4.69) is 30.2 Å². The van der Waals surface area contributed by atoms with Crippen LogP contribution in [0.1, 0.15) is 105 Å². The fraction of sp³-hybridized carbons (Fsp3) is 0.147. The Morgan fingerprint density at radius 3 is 1.21 bits per heavy atom. The highest BCUT2D eigenvalue weighted by Gasteiger charge is 2.25. The van der Waals surface area contributed by atoms with Gasteiger partial charge in [-0.2, -0.15) is 0 Å². The number of aromatic nitrogens is 5. The molecule has 0 aliphatic carbocycles. The number of ether oxygens (including phenoxy) is 4. The normalized spacial score (nSPS) is 11.3. The summed E-state index contributed by atoms with van der Waals surface area (Å²) in [6.07, 6.45) is 9.13. The number of fused-ring (bicyclic) bond motifs is 3. The van der Waals surface area contributed by atoms with Gasteiger partial charge in [0.15, 0.2) is 0 Å². The average molecular weight is 1610 g/mol. The van der Waals surface area contributed by atoms with E-state index in [1.54, 1.807) is 79.4 Å². The molecule has 3 amide bonds. The number of nitrogens with zero attached hydrogens (tertiary/aromatic N) is 2. The third-order valence-corrected chi connectivity index (χ3v) is 19.5. The molecule has 0 unspecified atom stereocenters. The number of esters is 1. The molecule has 119 heavy (non-hydrogen) atoms. The van der Waals surface area contributed by atoms with Crippen LogP contribution in [0.4, 0.5) is 17.6 Å². The van der Waals surface area contributed by atoms with Crippen molar-refractivity contribution in [1.82, 2.24) is 30.2 Å². The lowest BCUT2D eigenvalue weighted by Crippen LogP contribution is -2.32. The number of aliphatic carboxylic acids is 1. The number of carboxylic acids is 1. The van der Waals surface area contributed by atoms with Gasteiger partial charge in [-0.05, 0) is 203 Å². The number of carbonyl (C=O) groups is 5. The number of aromatic amines is 3. The first-order valence-electron chi connectivity index (χ1n) is 37.7. The molecule has 5 aromatic heterocycles. The predicted molar refractivity (Wildman–Crippen MR) is 450 cm³/mol. The number of H-pyrrole nitrogens is 3. The lowest BCUT2D eigenvalue weighted by molar-refractivity contribution is -0.140. The molecule has 10 aromatic carbocycles. The van der Waals surface area contributed by atoms with Crippen LogP contribution in [-0.4, -0.2) is 72.3 Å². The third-order valence-electron chi connectivity index (χ3n) is 19.5.